The van der Waals surface area contributed by atoms with E-state index in [1.807, 2.05) is 27.7 Å². The molecule has 0 bridgehead atoms. The van der Waals surface area contributed by atoms with Gasteiger partial charge in [-0.05, 0) is 33.3 Å². The van der Waals surface area contributed by atoms with Crippen molar-refractivity contribution in [3.8, 4) is 0 Å². The highest BCUT2D eigenvalue weighted by Crippen LogP contribution is 2.18. The van der Waals surface area contributed by atoms with Crippen LogP contribution in [0.25, 0.3) is 0 Å². The normalized spacial score (nSPS) is 19.7. The van der Waals surface area contributed by atoms with Crippen LogP contribution in [0.2, 0.25) is 0 Å². The maximum absolute atomic E-state index is 3.36. The summed E-state index contributed by atoms with van der Waals surface area (Å²) in [6.45, 7) is 17.7. The Morgan fingerprint density at radius 1 is 1.14 bits per heavy atom. The van der Waals surface area contributed by atoms with E-state index in [2.05, 4.69) is 38.1 Å². The fraction of sp³-hybridized carbons (Fsp3) is 0.833. The Balaban J connectivity index is 0. The fourth-order valence-electron chi connectivity index (χ4n) is 1.28. The summed E-state index contributed by atoms with van der Waals surface area (Å²) in [5.41, 5.74) is 6.21. The van der Waals surface area contributed by atoms with Crippen molar-refractivity contribution in [2.24, 2.45) is 0 Å². The quantitative estimate of drug-likeness (QED) is 0.696. The van der Waals surface area contributed by atoms with E-state index in [0.29, 0.717) is 6.04 Å². The molecule has 0 spiro atoms. The van der Waals surface area contributed by atoms with Gasteiger partial charge in [0, 0.05) is 18.3 Å². The summed E-state index contributed by atoms with van der Waals surface area (Å²) in [5.74, 6) is 0. The molecule has 0 aromatic carbocycles. The Labute approximate surface area is 90.3 Å². The molecular weight excluding hydrogens is 172 g/mol. The zero-order valence-corrected chi connectivity index (χ0v) is 11.2. The van der Waals surface area contributed by atoms with Crippen LogP contribution in [0.3, 0.4) is 0 Å². The summed E-state index contributed by atoms with van der Waals surface area (Å²) in [6, 6.07) is 0.528. The first-order valence-electron chi connectivity index (χ1n) is 5.88. The molecule has 0 amide bonds. The molecule has 1 heterocycles. The van der Waals surface area contributed by atoms with E-state index in [-0.39, 0.29) is 0 Å². The second-order valence-corrected chi connectivity index (χ2v) is 2.86. The van der Waals surface area contributed by atoms with Crippen LogP contribution in [-0.2, 0) is 0 Å². The number of hydrazine groups is 1. The van der Waals surface area contributed by atoms with E-state index in [4.69, 9.17) is 0 Å². The Morgan fingerprint density at radius 3 is 1.71 bits per heavy atom. The molecule has 2 nitrogen and oxygen atoms in total. The molecule has 0 aromatic rings. The van der Waals surface area contributed by atoms with Crippen LogP contribution in [0, 0.1) is 0 Å². The van der Waals surface area contributed by atoms with E-state index >= 15 is 0 Å². The minimum absolute atomic E-state index is 0.528. The summed E-state index contributed by atoms with van der Waals surface area (Å²) in [4.78, 5) is 0. The van der Waals surface area contributed by atoms with Crippen LogP contribution in [0.1, 0.15) is 55.4 Å². The molecule has 0 fully saturated rings. The highest BCUT2D eigenvalue weighted by Gasteiger charge is 2.19. The van der Waals surface area contributed by atoms with Gasteiger partial charge in [-0.2, -0.15) is 0 Å². The Morgan fingerprint density at radius 2 is 1.57 bits per heavy atom. The smallest absolute Gasteiger partial charge is 0.0461 e. The number of nitrogens with one attached hydrogen (secondary N) is 1. The number of allylic oxidation sites excluding steroid dienone is 1. The van der Waals surface area contributed by atoms with Crippen LogP contribution in [-0.4, -0.2) is 17.6 Å². The molecule has 0 aliphatic carbocycles. The van der Waals surface area contributed by atoms with E-state index in [9.17, 15) is 0 Å². The third-order valence-corrected chi connectivity index (χ3v) is 2.29. The lowest BCUT2D eigenvalue weighted by Crippen LogP contribution is -2.35. The highest BCUT2D eigenvalue weighted by atomic mass is 15.5. The SMILES string of the molecule is CC.CC.CCN1NC(C)C(C)=C1C. The van der Waals surface area contributed by atoms with E-state index in [0.717, 1.165) is 6.54 Å². The van der Waals surface area contributed by atoms with E-state index < -0.39 is 0 Å². The number of hydrogen-bond acceptors (Lipinski definition) is 2. The van der Waals surface area contributed by atoms with Crippen LogP contribution < -0.4 is 5.43 Å². The molecule has 0 radical (unpaired) electrons. The predicted molar refractivity (Wildman–Crippen MR) is 66.0 cm³/mol. The predicted octanol–water partition coefficient (Wildman–Crippen LogP) is 3.56. The van der Waals surface area contributed by atoms with Gasteiger partial charge in [-0.1, -0.05) is 27.7 Å². The molecule has 1 rings (SSSR count). The van der Waals surface area contributed by atoms with Crippen LogP contribution in [0.5, 0.6) is 0 Å². The van der Waals surface area contributed by atoms with Gasteiger partial charge < -0.3 is 5.01 Å². The van der Waals surface area contributed by atoms with Gasteiger partial charge in [-0.15, -0.1) is 0 Å². The Hall–Kier alpha value is -0.500. The first-order chi connectivity index (χ1) is 6.66. The maximum atomic E-state index is 3.36. The molecule has 14 heavy (non-hydrogen) atoms. The van der Waals surface area contributed by atoms with Gasteiger partial charge in [0.15, 0.2) is 0 Å². The van der Waals surface area contributed by atoms with Crippen LogP contribution in [0.4, 0.5) is 0 Å². The van der Waals surface area contributed by atoms with E-state index in [1.165, 1.54) is 11.3 Å². The zero-order valence-electron chi connectivity index (χ0n) is 11.2. The summed E-state index contributed by atoms with van der Waals surface area (Å²) < 4.78 is 0. The number of rotatable bonds is 1. The first-order valence-corrected chi connectivity index (χ1v) is 5.88. The molecule has 1 atom stereocenters. The highest BCUT2D eigenvalue weighted by molar-refractivity contribution is 5.18. The molecule has 0 aromatic heterocycles. The zero-order chi connectivity index (χ0) is 11.7. The Bertz CT molecular complexity index is 162. The third kappa shape index (κ3) is 4.14. The lowest BCUT2D eigenvalue weighted by molar-refractivity contribution is 0.273. The summed E-state index contributed by atoms with van der Waals surface area (Å²) in [7, 11) is 0. The molecule has 1 unspecified atom stereocenters. The second kappa shape index (κ2) is 9.07. The maximum Gasteiger partial charge on any atom is 0.0461 e. The fourth-order valence-corrected chi connectivity index (χ4v) is 1.28. The van der Waals surface area contributed by atoms with Gasteiger partial charge in [0.05, 0.1) is 0 Å². The van der Waals surface area contributed by atoms with Crippen molar-refractivity contribution >= 4 is 0 Å². The molecule has 0 saturated heterocycles. The van der Waals surface area contributed by atoms with Crippen LogP contribution in [0.15, 0.2) is 11.3 Å². The molecule has 0 saturated carbocycles. The topological polar surface area (TPSA) is 15.3 Å². The van der Waals surface area contributed by atoms with Crippen molar-refractivity contribution in [2.45, 2.75) is 61.4 Å². The second-order valence-electron chi connectivity index (χ2n) is 2.86. The molecule has 1 aliphatic rings. The van der Waals surface area contributed by atoms with Gasteiger partial charge in [0.2, 0.25) is 0 Å². The minimum atomic E-state index is 0.528. The minimum Gasteiger partial charge on any atom is -0.313 e. The Kier molecular flexibility index (Phi) is 10.3. The largest absolute Gasteiger partial charge is 0.313 e. The molecule has 2 heteroatoms. The lowest BCUT2D eigenvalue weighted by atomic mass is 10.1. The summed E-state index contributed by atoms with van der Waals surface area (Å²) in [6.07, 6.45) is 0. The lowest BCUT2D eigenvalue weighted by Gasteiger charge is -2.18. The standard InChI is InChI=1S/C8H16N2.2C2H6/c1-5-10-8(4)6(2)7(3)9-10;2*1-2/h7,9H,5H2,1-4H3;2*1-2H3. The van der Waals surface area contributed by atoms with Crippen molar-refractivity contribution in [3.63, 3.8) is 0 Å². The third-order valence-electron chi connectivity index (χ3n) is 2.29. The van der Waals surface area contributed by atoms with Gasteiger partial charge in [-0.25, -0.2) is 5.43 Å². The van der Waals surface area contributed by atoms with Gasteiger partial charge >= 0.3 is 0 Å². The van der Waals surface area contributed by atoms with Crippen molar-refractivity contribution in [1.82, 2.24) is 10.4 Å². The van der Waals surface area contributed by atoms with E-state index in [1.54, 1.807) is 0 Å². The summed E-state index contributed by atoms with van der Waals surface area (Å²) in [5, 5.41) is 2.19. The van der Waals surface area contributed by atoms with Crippen molar-refractivity contribution in [3.05, 3.63) is 11.3 Å². The molecule has 1 aliphatic heterocycles. The molecular formula is C12H28N2. The monoisotopic (exact) mass is 200 g/mol. The average molecular weight is 200 g/mol. The summed E-state index contributed by atoms with van der Waals surface area (Å²) >= 11 is 0. The van der Waals surface area contributed by atoms with Crippen molar-refractivity contribution in [1.29, 1.82) is 0 Å². The van der Waals surface area contributed by atoms with Gasteiger partial charge in [0.1, 0.15) is 0 Å². The number of nitrogens with zero attached hydrogens (tertiary/aromatic N) is 1. The van der Waals surface area contributed by atoms with Crippen LogP contribution >= 0.6 is 0 Å². The first kappa shape index (κ1) is 15.9. The van der Waals surface area contributed by atoms with Gasteiger partial charge in [0.25, 0.3) is 0 Å². The van der Waals surface area contributed by atoms with Crippen molar-refractivity contribution < 1.29 is 0 Å². The van der Waals surface area contributed by atoms with Gasteiger partial charge in [-0.3, -0.25) is 0 Å². The van der Waals surface area contributed by atoms with Crippen molar-refractivity contribution in [2.75, 3.05) is 6.54 Å². The number of hydrogen-bond donors (Lipinski definition) is 1. The molecule has 1 N–H and O–H groups in total. The average Bonchev–Trinajstić information content (AvgIpc) is 2.51. The molecule has 86 valence electrons.